The molecule has 1 aliphatic rings. The minimum Gasteiger partial charge on any atom is -0.321 e. The van der Waals surface area contributed by atoms with Crippen LogP contribution in [0, 0.1) is 0 Å². The number of hydrogen-bond acceptors (Lipinski definition) is 3. The van der Waals surface area contributed by atoms with E-state index in [0.29, 0.717) is 11.3 Å². The van der Waals surface area contributed by atoms with Crippen LogP contribution in [0.3, 0.4) is 0 Å². The van der Waals surface area contributed by atoms with Gasteiger partial charge in [0.15, 0.2) is 0 Å². The zero-order chi connectivity index (χ0) is 17.4. The average Bonchev–Trinajstić information content (AvgIpc) is 3.21. The van der Waals surface area contributed by atoms with Crippen molar-refractivity contribution in [1.29, 1.82) is 0 Å². The first-order valence-corrected chi connectivity index (χ1v) is 9.12. The maximum Gasteiger partial charge on any atom is 0.268 e. The second-order valence-electron chi connectivity index (χ2n) is 5.60. The summed E-state index contributed by atoms with van der Waals surface area (Å²) in [4.78, 5) is 12.4. The third-order valence-corrected chi connectivity index (χ3v) is 5.76. The Morgan fingerprint density at radius 2 is 1.60 bits per heavy atom. The standard InChI is InChI=1S/C19H14N2O3S/c22-19-17(16-10-4-5-11-18(16)20-19)13-14-7-6-12-21(14)25(23,24)15-8-2-1-3-9-15/h1-13H,(H,20,22)/b17-13+. The van der Waals surface area contributed by atoms with Crippen LogP contribution in [-0.2, 0) is 14.8 Å². The second kappa shape index (κ2) is 5.75. The predicted molar refractivity (Wildman–Crippen MR) is 96.4 cm³/mol. The SMILES string of the molecule is O=C1Nc2ccccc2/C1=C\c1cccn1S(=O)(=O)c1ccccc1. The molecule has 0 saturated carbocycles. The quantitative estimate of drug-likeness (QED) is 0.738. The maximum atomic E-state index is 12.8. The predicted octanol–water partition coefficient (Wildman–Crippen LogP) is 3.22. The van der Waals surface area contributed by atoms with Gasteiger partial charge in [0.05, 0.1) is 16.2 Å². The van der Waals surface area contributed by atoms with Gasteiger partial charge in [0.25, 0.3) is 15.9 Å². The lowest BCUT2D eigenvalue weighted by molar-refractivity contribution is -0.110. The van der Waals surface area contributed by atoms with Crippen molar-refractivity contribution in [2.24, 2.45) is 0 Å². The normalized spacial score (nSPS) is 15.2. The van der Waals surface area contributed by atoms with E-state index in [1.165, 1.54) is 10.2 Å². The molecule has 2 aromatic carbocycles. The van der Waals surface area contributed by atoms with Crippen molar-refractivity contribution < 1.29 is 13.2 Å². The summed E-state index contributed by atoms with van der Waals surface area (Å²) in [5.41, 5.74) is 2.35. The minimum atomic E-state index is -3.72. The lowest BCUT2D eigenvalue weighted by Crippen LogP contribution is -2.13. The molecule has 0 bridgehead atoms. The van der Waals surface area contributed by atoms with Crippen molar-refractivity contribution in [3.05, 3.63) is 84.2 Å². The number of amides is 1. The molecule has 0 atom stereocenters. The summed E-state index contributed by atoms with van der Waals surface area (Å²) in [7, 11) is -3.72. The van der Waals surface area contributed by atoms with Crippen LogP contribution in [-0.4, -0.2) is 18.3 Å². The van der Waals surface area contributed by atoms with Crippen LogP contribution in [0.15, 0.2) is 77.8 Å². The molecule has 1 aromatic heterocycles. The van der Waals surface area contributed by atoms with Gasteiger partial charge in [-0.2, -0.15) is 0 Å². The van der Waals surface area contributed by atoms with Crippen molar-refractivity contribution in [2.45, 2.75) is 4.90 Å². The Kier molecular flexibility index (Phi) is 3.54. The zero-order valence-electron chi connectivity index (χ0n) is 13.1. The van der Waals surface area contributed by atoms with Gasteiger partial charge in [-0.3, -0.25) is 4.79 Å². The van der Waals surface area contributed by atoms with Crippen LogP contribution in [0.2, 0.25) is 0 Å². The first kappa shape index (κ1) is 15.4. The van der Waals surface area contributed by atoms with Crippen molar-refractivity contribution in [2.75, 3.05) is 5.32 Å². The molecule has 1 amide bonds. The molecule has 1 aliphatic heterocycles. The van der Waals surface area contributed by atoms with Crippen LogP contribution in [0.1, 0.15) is 11.3 Å². The molecule has 0 spiro atoms. The molecule has 3 aromatic rings. The Morgan fingerprint density at radius 3 is 2.40 bits per heavy atom. The lowest BCUT2D eigenvalue weighted by Gasteiger charge is -2.09. The number of rotatable bonds is 3. The number of carbonyl (C=O) groups excluding carboxylic acids is 1. The van der Waals surface area contributed by atoms with E-state index >= 15 is 0 Å². The molecule has 2 heterocycles. The molecule has 0 aliphatic carbocycles. The van der Waals surface area contributed by atoms with Gasteiger partial charge in [0.1, 0.15) is 0 Å². The fraction of sp³-hybridized carbons (Fsp3) is 0. The molecule has 4 rings (SSSR count). The Bertz CT molecular complexity index is 1100. The molecule has 0 unspecified atom stereocenters. The molecule has 124 valence electrons. The second-order valence-corrected chi connectivity index (χ2v) is 7.42. The minimum absolute atomic E-state index is 0.196. The molecular weight excluding hydrogens is 336 g/mol. The van der Waals surface area contributed by atoms with Crippen molar-refractivity contribution in [3.8, 4) is 0 Å². The van der Waals surface area contributed by atoms with E-state index in [2.05, 4.69) is 5.32 Å². The maximum absolute atomic E-state index is 12.8. The molecule has 5 nitrogen and oxygen atoms in total. The number of benzene rings is 2. The van der Waals surface area contributed by atoms with Gasteiger partial charge < -0.3 is 5.32 Å². The van der Waals surface area contributed by atoms with E-state index in [4.69, 9.17) is 0 Å². The summed E-state index contributed by atoms with van der Waals surface area (Å²) in [6.45, 7) is 0. The topological polar surface area (TPSA) is 68.2 Å². The van der Waals surface area contributed by atoms with Crippen LogP contribution in [0.25, 0.3) is 11.6 Å². The number of nitrogens with zero attached hydrogens (tertiary/aromatic N) is 1. The molecule has 6 heteroatoms. The summed E-state index contributed by atoms with van der Waals surface area (Å²) < 4.78 is 26.9. The highest BCUT2D eigenvalue weighted by Gasteiger charge is 2.25. The van der Waals surface area contributed by atoms with Gasteiger partial charge in [-0.05, 0) is 36.4 Å². The van der Waals surface area contributed by atoms with E-state index in [-0.39, 0.29) is 10.8 Å². The van der Waals surface area contributed by atoms with E-state index in [0.717, 1.165) is 11.3 Å². The molecule has 0 saturated heterocycles. The Balaban J connectivity index is 1.83. The number of anilines is 1. The summed E-state index contributed by atoms with van der Waals surface area (Å²) in [6.07, 6.45) is 3.08. The van der Waals surface area contributed by atoms with Crippen LogP contribution >= 0.6 is 0 Å². The lowest BCUT2D eigenvalue weighted by atomic mass is 10.1. The Hall–Kier alpha value is -3.12. The first-order valence-electron chi connectivity index (χ1n) is 7.68. The molecule has 1 N–H and O–H groups in total. The molecule has 0 radical (unpaired) electrons. The van der Waals surface area contributed by atoms with Crippen molar-refractivity contribution in [3.63, 3.8) is 0 Å². The van der Waals surface area contributed by atoms with E-state index in [9.17, 15) is 13.2 Å². The van der Waals surface area contributed by atoms with Crippen LogP contribution in [0.5, 0.6) is 0 Å². The van der Waals surface area contributed by atoms with Gasteiger partial charge in [-0.25, -0.2) is 12.4 Å². The van der Waals surface area contributed by atoms with E-state index in [1.807, 2.05) is 24.3 Å². The smallest absolute Gasteiger partial charge is 0.268 e. The van der Waals surface area contributed by atoms with Gasteiger partial charge >= 0.3 is 0 Å². The summed E-state index contributed by atoms with van der Waals surface area (Å²) in [6, 6.07) is 18.8. The molecular formula is C19H14N2O3S. The van der Waals surface area contributed by atoms with Gasteiger partial charge in [-0.15, -0.1) is 0 Å². The number of carbonyl (C=O) groups is 1. The molecule has 25 heavy (non-hydrogen) atoms. The fourth-order valence-electron chi connectivity index (χ4n) is 2.85. The number of aromatic nitrogens is 1. The van der Waals surface area contributed by atoms with Crippen molar-refractivity contribution >= 4 is 33.3 Å². The van der Waals surface area contributed by atoms with E-state index < -0.39 is 10.0 Å². The number of hydrogen-bond donors (Lipinski definition) is 1. The molecule has 0 fully saturated rings. The highest BCUT2D eigenvalue weighted by atomic mass is 32.2. The van der Waals surface area contributed by atoms with Crippen molar-refractivity contribution in [1.82, 2.24) is 3.97 Å². The van der Waals surface area contributed by atoms with Gasteiger partial charge in [0.2, 0.25) is 0 Å². The highest BCUT2D eigenvalue weighted by Crippen LogP contribution is 2.33. The third kappa shape index (κ3) is 2.56. The largest absolute Gasteiger partial charge is 0.321 e. The monoisotopic (exact) mass is 350 g/mol. The third-order valence-electron chi connectivity index (χ3n) is 4.05. The van der Waals surface area contributed by atoms with Gasteiger partial charge in [0, 0.05) is 17.4 Å². The van der Waals surface area contributed by atoms with Crippen LogP contribution < -0.4 is 5.32 Å². The summed E-state index contributed by atoms with van der Waals surface area (Å²) in [5.74, 6) is -0.244. The Morgan fingerprint density at radius 1 is 0.880 bits per heavy atom. The van der Waals surface area contributed by atoms with Gasteiger partial charge in [-0.1, -0.05) is 36.4 Å². The number of para-hydroxylation sites is 1. The number of nitrogens with one attached hydrogen (secondary N) is 1. The average molecular weight is 350 g/mol. The summed E-state index contributed by atoms with van der Waals surface area (Å²) >= 11 is 0. The highest BCUT2D eigenvalue weighted by molar-refractivity contribution is 7.90. The fourth-order valence-corrected chi connectivity index (χ4v) is 4.20. The van der Waals surface area contributed by atoms with E-state index in [1.54, 1.807) is 48.5 Å². The van der Waals surface area contributed by atoms with Crippen LogP contribution in [0.4, 0.5) is 5.69 Å². The zero-order valence-corrected chi connectivity index (χ0v) is 13.9. The summed E-state index contributed by atoms with van der Waals surface area (Å²) in [5, 5.41) is 2.78. The first-order chi connectivity index (χ1) is 12.1. The number of fused-ring (bicyclic) bond motifs is 1. The Labute approximate surface area is 145 Å².